The average Bonchev–Trinajstić information content (AvgIpc) is 2.60. The van der Waals surface area contributed by atoms with E-state index in [-0.39, 0.29) is 27.6 Å². The zero-order valence-electron chi connectivity index (χ0n) is 13.7. The van der Waals surface area contributed by atoms with Crippen LogP contribution in [0.25, 0.3) is 0 Å². The van der Waals surface area contributed by atoms with Crippen LogP contribution in [0.4, 0.5) is 5.69 Å². The number of rotatable bonds is 7. The molecule has 0 atom stereocenters. The minimum Gasteiger partial charge on any atom is -0.545 e. The fourth-order valence-corrected chi connectivity index (χ4v) is 3.23. The monoisotopic (exact) mass is 366 g/mol. The molecule has 0 aliphatic rings. The van der Waals surface area contributed by atoms with Gasteiger partial charge in [-0.2, -0.15) is 0 Å². The van der Waals surface area contributed by atoms with Gasteiger partial charge in [0.2, 0.25) is 5.75 Å². The summed E-state index contributed by atoms with van der Waals surface area (Å²) in [5, 5.41) is 10.9. The van der Waals surface area contributed by atoms with Crippen molar-refractivity contribution >= 4 is 21.7 Å². The van der Waals surface area contributed by atoms with E-state index in [2.05, 4.69) is 4.72 Å². The molecule has 0 aliphatic carbocycles. The molecule has 0 saturated heterocycles. The summed E-state index contributed by atoms with van der Waals surface area (Å²) in [6.45, 7) is 0. The first-order valence-electron chi connectivity index (χ1n) is 6.96. The van der Waals surface area contributed by atoms with E-state index in [1.54, 1.807) is 0 Å². The lowest BCUT2D eigenvalue weighted by atomic mass is 10.2. The van der Waals surface area contributed by atoms with Crippen LogP contribution < -0.4 is 24.0 Å². The van der Waals surface area contributed by atoms with Gasteiger partial charge in [0.15, 0.2) is 11.5 Å². The molecule has 25 heavy (non-hydrogen) atoms. The number of carboxylic acids is 1. The molecule has 2 aromatic rings. The Bertz CT molecular complexity index is 868. The summed E-state index contributed by atoms with van der Waals surface area (Å²) < 4.78 is 42.8. The Morgan fingerprint density at radius 3 is 2.08 bits per heavy atom. The molecule has 134 valence electrons. The van der Waals surface area contributed by atoms with Crippen molar-refractivity contribution in [1.29, 1.82) is 0 Å². The Morgan fingerprint density at radius 2 is 1.60 bits per heavy atom. The van der Waals surface area contributed by atoms with E-state index < -0.39 is 16.0 Å². The Kier molecular flexibility index (Phi) is 5.38. The number of anilines is 1. The summed E-state index contributed by atoms with van der Waals surface area (Å²) in [6.07, 6.45) is 0. The quantitative estimate of drug-likeness (QED) is 0.773. The fourth-order valence-electron chi connectivity index (χ4n) is 2.14. The minimum absolute atomic E-state index is 0.161. The van der Waals surface area contributed by atoms with E-state index in [0.29, 0.717) is 5.75 Å². The van der Waals surface area contributed by atoms with Crippen molar-refractivity contribution in [3.63, 3.8) is 0 Å². The van der Waals surface area contributed by atoms with Crippen LogP contribution in [0.15, 0.2) is 41.3 Å². The third-order valence-electron chi connectivity index (χ3n) is 3.30. The highest BCUT2D eigenvalue weighted by molar-refractivity contribution is 7.92. The van der Waals surface area contributed by atoms with Gasteiger partial charge in [-0.15, -0.1) is 0 Å². The van der Waals surface area contributed by atoms with Crippen LogP contribution in [0.1, 0.15) is 10.4 Å². The lowest BCUT2D eigenvalue weighted by Gasteiger charge is -2.15. The van der Waals surface area contributed by atoms with E-state index >= 15 is 0 Å². The zero-order valence-corrected chi connectivity index (χ0v) is 14.5. The van der Waals surface area contributed by atoms with Crippen molar-refractivity contribution < 1.29 is 32.5 Å². The van der Waals surface area contributed by atoms with E-state index in [9.17, 15) is 18.3 Å². The summed E-state index contributed by atoms with van der Waals surface area (Å²) in [7, 11) is 0.198. The van der Waals surface area contributed by atoms with Crippen molar-refractivity contribution in [2.24, 2.45) is 0 Å². The molecular formula is C16H16NO7S-. The predicted molar refractivity (Wildman–Crippen MR) is 87.7 cm³/mol. The lowest BCUT2D eigenvalue weighted by molar-refractivity contribution is -0.255. The van der Waals surface area contributed by atoms with Crippen molar-refractivity contribution in [3.05, 3.63) is 42.0 Å². The Balaban J connectivity index is 2.44. The van der Waals surface area contributed by atoms with E-state index in [1.807, 2.05) is 0 Å². The second-order valence-corrected chi connectivity index (χ2v) is 6.52. The molecule has 0 aliphatic heterocycles. The second kappa shape index (κ2) is 7.31. The highest BCUT2D eigenvalue weighted by Crippen LogP contribution is 2.40. The van der Waals surface area contributed by atoms with Crippen molar-refractivity contribution in [2.45, 2.75) is 4.90 Å². The smallest absolute Gasteiger partial charge is 0.261 e. The topological polar surface area (TPSA) is 114 Å². The highest BCUT2D eigenvalue weighted by atomic mass is 32.2. The second-order valence-electron chi connectivity index (χ2n) is 4.83. The molecule has 0 heterocycles. The molecule has 2 aromatic carbocycles. The number of nitrogens with one attached hydrogen (secondary N) is 1. The summed E-state index contributed by atoms with van der Waals surface area (Å²) in [5.41, 5.74) is -0.0823. The Morgan fingerprint density at radius 1 is 1.00 bits per heavy atom. The normalized spacial score (nSPS) is 10.8. The standard InChI is InChI=1S/C16H17NO7S/c1-22-13-8-11(9-14(23-2)15(13)24-3)17-25(20,21)12-6-4-5-10(7-12)16(18)19/h4-9,17H,1-3H3,(H,18,19)/p-1. The molecular weight excluding hydrogens is 350 g/mol. The van der Waals surface area contributed by atoms with Crippen LogP contribution in [0.2, 0.25) is 0 Å². The van der Waals surface area contributed by atoms with Gasteiger partial charge in [0.25, 0.3) is 10.0 Å². The Hall–Kier alpha value is -2.94. The lowest BCUT2D eigenvalue weighted by Crippen LogP contribution is -2.23. The van der Waals surface area contributed by atoms with Gasteiger partial charge in [0.05, 0.1) is 37.9 Å². The predicted octanol–water partition coefficient (Wildman–Crippen LogP) is 0.877. The van der Waals surface area contributed by atoms with Gasteiger partial charge in [-0.25, -0.2) is 8.42 Å². The van der Waals surface area contributed by atoms with Crippen LogP contribution in [0.3, 0.4) is 0 Å². The third-order valence-corrected chi connectivity index (χ3v) is 4.68. The first-order chi connectivity index (χ1) is 11.8. The van der Waals surface area contributed by atoms with Crippen molar-refractivity contribution in [1.82, 2.24) is 0 Å². The number of sulfonamides is 1. The third kappa shape index (κ3) is 3.94. The first kappa shape index (κ1) is 18.4. The maximum absolute atomic E-state index is 12.5. The van der Waals surface area contributed by atoms with Gasteiger partial charge in [-0.1, -0.05) is 12.1 Å². The van der Waals surface area contributed by atoms with Crippen LogP contribution >= 0.6 is 0 Å². The number of aromatic carboxylic acids is 1. The molecule has 0 radical (unpaired) electrons. The summed E-state index contributed by atoms with van der Waals surface area (Å²) in [6, 6.07) is 7.67. The Labute approximate surface area is 145 Å². The number of carboxylic acid groups (broad SMARTS) is 1. The molecule has 0 saturated carbocycles. The summed E-state index contributed by atoms with van der Waals surface area (Å²) in [4.78, 5) is 10.7. The van der Waals surface area contributed by atoms with Gasteiger partial charge in [0, 0.05) is 12.1 Å². The molecule has 0 unspecified atom stereocenters. The van der Waals surface area contributed by atoms with Gasteiger partial charge in [0.1, 0.15) is 0 Å². The van der Waals surface area contributed by atoms with E-state index in [4.69, 9.17) is 14.2 Å². The van der Waals surface area contributed by atoms with Crippen molar-refractivity contribution in [2.75, 3.05) is 26.1 Å². The van der Waals surface area contributed by atoms with Gasteiger partial charge in [-0.3, -0.25) is 4.72 Å². The van der Waals surface area contributed by atoms with Gasteiger partial charge >= 0.3 is 0 Å². The van der Waals surface area contributed by atoms with Crippen LogP contribution in [0.5, 0.6) is 17.2 Å². The average molecular weight is 366 g/mol. The van der Waals surface area contributed by atoms with E-state index in [0.717, 1.165) is 6.07 Å². The molecule has 2 rings (SSSR count). The maximum Gasteiger partial charge on any atom is 0.261 e. The summed E-state index contributed by atoms with van der Waals surface area (Å²) >= 11 is 0. The number of ether oxygens (including phenoxy) is 3. The fraction of sp³-hybridized carbons (Fsp3) is 0.188. The molecule has 1 N–H and O–H groups in total. The number of hydrogen-bond donors (Lipinski definition) is 1. The molecule has 8 nitrogen and oxygen atoms in total. The molecule has 0 aromatic heterocycles. The number of hydrogen-bond acceptors (Lipinski definition) is 7. The van der Waals surface area contributed by atoms with E-state index in [1.165, 1.54) is 51.7 Å². The molecule has 0 bridgehead atoms. The van der Waals surface area contributed by atoms with Crippen LogP contribution in [0, 0.1) is 0 Å². The molecule has 0 amide bonds. The van der Waals surface area contributed by atoms with Gasteiger partial charge < -0.3 is 24.1 Å². The first-order valence-corrected chi connectivity index (χ1v) is 8.45. The molecule has 0 spiro atoms. The SMILES string of the molecule is COc1cc(NS(=O)(=O)c2cccc(C(=O)[O-])c2)cc(OC)c1OC. The van der Waals surface area contributed by atoms with Crippen LogP contribution in [-0.2, 0) is 10.0 Å². The molecule has 9 heteroatoms. The van der Waals surface area contributed by atoms with Gasteiger partial charge in [-0.05, 0) is 17.7 Å². The maximum atomic E-state index is 12.5. The van der Waals surface area contributed by atoms with Crippen molar-refractivity contribution in [3.8, 4) is 17.2 Å². The number of carbonyl (C=O) groups is 1. The largest absolute Gasteiger partial charge is 0.545 e. The highest BCUT2D eigenvalue weighted by Gasteiger charge is 2.19. The number of methoxy groups -OCH3 is 3. The zero-order chi connectivity index (χ0) is 18.6. The minimum atomic E-state index is -4.03. The number of carbonyl (C=O) groups excluding carboxylic acids is 1. The summed E-state index contributed by atoms with van der Waals surface area (Å²) in [5.74, 6) is -0.622. The van der Waals surface area contributed by atoms with Crippen LogP contribution in [-0.4, -0.2) is 35.7 Å². The molecule has 0 fully saturated rings. The number of benzene rings is 2.